The molecule has 226 valence electrons. The van der Waals surface area contributed by atoms with E-state index in [4.69, 9.17) is 19.0 Å². The number of nitrogens with zero attached hydrogens (tertiary/aromatic N) is 1. The number of benzene rings is 3. The lowest BCUT2D eigenvalue weighted by molar-refractivity contribution is -0.117. The normalized spacial score (nSPS) is 12.9. The van der Waals surface area contributed by atoms with Crippen LogP contribution in [0.5, 0.6) is 17.2 Å². The molecule has 2 aromatic heterocycles. The van der Waals surface area contributed by atoms with Crippen LogP contribution in [0.25, 0.3) is 33.4 Å². The van der Waals surface area contributed by atoms with Gasteiger partial charge in [0.1, 0.15) is 35.3 Å². The number of pyridine rings is 1. The van der Waals surface area contributed by atoms with Crippen molar-refractivity contribution < 1.29 is 32.6 Å². The van der Waals surface area contributed by atoms with Gasteiger partial charge in [0.05, 0.1) is 12.0 Å². The number of aliphatic hydroxyl groups excluding tert-OH is 1. The van der Waals surface area contributed by atoms with Crippen LogP contribution in [0.15, 0.2) is 70.0 Å². The van der Waals surface area contributed by atoms with E-state index in [2.05, 4.69) is 5.32 Å². The molecule has 44 heavy (non-hydrogen) atoms. The fourth-order valence-electron chi connectivity index (χ4n) is 5.23. The Bertz CT molecular complexity index is 1950. The predicted octanol–water partition coefficient (Wildman–Crippen LogP) is 6.87. The highest BCUT2D eigenvalue weighted by Crippen LogP contribution is 2.42. The van der Waals surface area contributed by atoms with Crippen LogP contribution < -0.4 is 20.3 Å². The fourth-order valence-corrected chi connectivity index (χ4v) is 5.23. The van der Waals surface area contributed by atoms with Crippen LogP contribution in [-0.2, 0) is 11.8 Å². The number of carbonyl (C=O) groups is 1. The van der Waals surface area contributed by atoms with Gasteiger partial charge in [-0.15, -0.1) is 0 Å². The minimum absolute atomic E-state index is 0.0353. The van der Waals surface area contributed by atoms with E-state index < -0.39 is 11.6 Å². The second-order valence-electron chi connectivity index (χ2n) is 11.0. The third kappa shape index (κ3) is 5.68. The monoisotopic (exact) mass is 600 g/mol. The molecule has 0 unspecified atom stereocenters. The first kappa shape index (κ1) is 29.1. The van der Waals surface area contributed by atoms with Crippen molar-refractivity contribution in [3.05, 3.63) is 93.9 Å². The summed E-state index contributed by atoms with van der Waals surface area (Å²) in [4.78, 5) is 25.9. The summed E-state index contributed by atoms with van der Waals surface area (Å²) in [5, 5.41) is 12.4. The van der Waals surface area contributed by atoms with E-state index in [1.165, 1.54) is 10.6 Å². The van der Waals surface area contributed by atoms with Gasteiger partial charge in [-0.1, -0.05) is 0 Å². The highest BCUT2D eigenvalue weighted by atomic mass is 19.1. The molecule has 1 amide bonds. The molecule has 8 nitrogen and oxygen atoms in total. The van der Waals surface area contributed by atoms with E-state index in [1.54, 1.807) is 37.5 Å². The summed E-state index contributed by atoms with van der Waals surface area (Å²) in [5.74, 6) is -0.651. The fraction of sp³-hybridized carbons (Fsp3) is 0.235. The Labute approximate surface area is 251 Å². The summed E-state index contributed by atoms with van der Waals surface area (Å²) in [5.41, 5.74) is 3.73. The molecule has 1 aliphatic rings. The van der Waals surface area contributed by atoms with Gasteiger partial charge in [-0.05, 0) is 86.3 Å². The van der Waals surface area contributed by atoms with Crippen molar-refractivity contribution in [3.63, 3.8) is 0 Å². The first-order valence-corrected chi connectivity index (χ1v) is 14.2. The molecule has 3 aromatic carbocycles. The number of halogens is 2. The molecule has 0 bridgehead atoms. The van der Waals surface area contributed by atoms with Gasteiger partial charge in [-0.2, -0.15) is 0 Å². The largest absolute Gasteiger partial charge is 0.491 e. The smallest absolute Gasteiger partial charge is 0.261 e. The Morgan fingerprint density at radius 2 is 1.75 bits per heavy atom. The van der Waals surface area contributed by atoms with Gasteiger partial charge in [0.2, 0.25) is 5.91 Å². The zero-order chi connectivity index (χ0) is 31.1. The van der Waals surface area contributed by atoms with Crippen molar-refractivity contribution >= 4 is 22.6 Å². The van der Waals surface area contributed by atoms with Crippen molar-refractivity contribution in [3.8, 4) is 39.7 Å². The Balaban J connectivity index is 1.50. The number of furan rings is 1. The molecule has 0 atom stereocenters. The zero-order valence-corrected chi connectivity index (χ0v) is 24.4. The maximum atomic E-state index is 14.6. The zero-order valence-electron chi connectivity index (χ0n) is 24.4. The average molecular weight is 601 g/mol. The van der Waals surface area contributed by atoms with Crippen LogP contribution >= 0.6 is 0 Å². The van der Waals surface area contributed by atoms with Crippen LogP contribution in [0.1, 0.15) is 24.0 Å². The van der Waals surface area contributed by atoms with Crippen LogP contribution in [-0.4, -0.2) is 28.8 Å². The molecule has 2 N–H and O–H groups in total. The molecule has 0 saturated heterocycles. The van der Waals surface area contributed by atoms with E-state index in [0.717, 1.165) is 41.7 Å². The topological polar surface area (TPSA) is 103 Å². The maximum Gasteiger partial charge on any atom is 0.261 e. The molecule has 1 fully saturated rings. The molecule has 1 aliphatic carbocycles. The van der Waals surface area contributed by atoms with Crippen molar-refractivity contribution in [2.45, 2.75) is 26.7 Å². The number of nitrogens with one attached hydrogen (secondary N) is 1. The van der Waals surface area contributed by atoms with Gasteiger partial charge in [-0.3, -0.25) is 9.59 Å². The van der Waals surface area contributed by atoms with Crippen molar-refractivity contribution in [1.29, 1.82) is 0 Å². The number of aromatic nitrogens is 1. The molecule has 0 radical (unpaired) electrons. The lowest BCUT2D eigenvalue weighted by Gasteiger charge is -2.15. The molecule has 6 rings (SSSR count). The first-order chi connectivity index (χ1) is 21.1. The number of hydrogen-bond donors (Lipinski definition) is 2. The first-order valence-electron chi connectivity index (χ1n) is 14.2. The summed E-state index contributed by atoms with van der Waals surface area (Å²) < 4.78 is 47.6. The van der Waals surface area contributed by atoms with Crippen molar-refractivity contribution in [1.82, 2.24) is 4.57 Å². The molecule has 0 aliphatic heterocycles. The molecule has 10 heteroatoms. The second-order valence-corrected chi connectivity index (χ2v) is 11.0. The Morgan fingerprint density at radius 1 is 1.02 bits per heavy atom. The number of amides is 1. The number of ether oxygens (including phenoxy) is 2. The summed E-state index contributed by atoms with van der Waals surface area (Å²) in [6.07, 6.45) is 3.25. The molecular formula is C34H30F2N2O6. The SMILES string of the molecule is Cc1cc(-c2cc3c(=O)n(C)cc(-c4cc(NC(=O)C5CC5)ccc4Oc4ccc(F)cc4F)c3o2)cc(C)c1OCCO. The van der Waals surface area contributed by atoms with Gasteiger partial charge < -0.3 is 28.9 Å². The quantitative estimate of drug-likeness (QED) is 0.191. The van der Waals surface area contributed by atoms with E-state index in [9.17, 15) is 18.4 Å². The Kier molecular flexibility index (Phi) is 7.69. The predicted molar refractivity (Wildman–Crippen MR) is 162 cm³/mol. The van der Waals surface area contributed by atoms with E-state index >= 15 is 0 Å². The van der Waals surface area contributed by atoms with Crippen molar-refractivity contribution in [2.75, 3.05) is 18.5 Å². The summed E-state index contributed by atoms with van der Waals surface area (Å²) >= 11 is 0. The van der Waals surface area contributed by atoms with Gasteiger partial charge in [-0.25, -0.2) is 8.78 Å². The van der Waals surface area contributed by atoms with E-state index in [0.29, 0.717) is 33.7 Å². The molecule has 2 heterocycles. The molecule has 0 spiro atoms. The summed E-state index contributed by atoms with van der Waals surface area (Å²) in [7, 11) is 1.61. The number of anilines is 1. The maximum absolute atomic E-state index is 14.6. The number of hydrogen-bond acceptors (Lipinski definition) is 6. The number of rotatable bonds is 9. The summed E-state index contributed by atoms with van der Waals surface area (Å²) in [6, 6.07) is 13.3. The van der Waals surface area contributed by atoms with Gasteiger partial charge in [0.15, 0.2) is 11.6 Å². The number of aryl methyl sites for hydroxylation is 3. The molecule has 1 saturated carbocycles. The van der Waals surface area contributed by atoms with E-state index in [1.807, 2.05) is 26.0 Å². The van der Waals surface area contributed by atoms with Crippen molar-refractivity contribution in [2.24, 2.45) is 13.0 Å². The Hall–Kier alpha value is -4.96. The van der Waals surface area contributed by atoms with Crippen LogP contribution in [0, 0.1) is 31.4 Å². The number of carbonyl (C=O) groups excluding carboxylic acids is 1. The average Bonchev–Trinajstić information content (AvgIpc) is 3.75. The third-order valence-corrected chi connectivity index (χ3v) is 7.53. The highest BCUT2D eigenvalue weighted by Gasteiger charge is 2.30. The lowest BCUT2D eigenvalue weighted by atomic mass is 10.0. The van der Waals surface area contributed by atoms with Gasteiger partial charge >= 0.3 is 0 Å². The molecular weight excluding hydrogens is 570 g/mol. The highest BCUT2D eigenvalue weighted by molar-refractivity contribution is 5.98. The standard InChI is InChI=1S/C34H30F2N2O6/c1-18-12-21(13-19(2)31(18)42-11-10-39)30-16-25-32(44-30)26(17-38(3)34(25)41)24-15-23(37-33(40)20-4-5-20)7-9-28(24)43-29-8-6-22(35)14-27(29)36/h6-9,12-17,20,39H,4-5,10-11H2,1-3H3,(H,37,40). The number of fused-ring (bicyclic) bond motifs is 1. The molecule has 5 aromatic rings. The van der Waals surface area contributed by atoms with Crippen LogP contribution in [0.4, 0.5) is 14.5 Å². The van der Waals surface area contributed by atoms with Crippen LogP contribution in [0.2, 0.25) is 0 Å². The second kappa shape index (κ2) is 11.6. The van der Waals surface area contributed by atoms with Gasteiger partial charge in [0.25, 0.3) is 5.56 Å². The number of aliphatic hydroxyl groups is 1. The van der Waals surface area contributed by atoms with Crippen LogP contribution in [0.3, 0.4) is 0 Å². The third-order valence-electron chi connectivity index (χ3n) is 7.53. The Morgan fingerprint density at radius 3 is 2.43 bits per heavy atom. The minimum Gasteiger partial charge on any atom is -0.491 e. The minimum atomic E-state index is -0.884. The lowest BCUT2D eigenvalue weighted by Crippen LogP contribution is -2.16. The summed E-state index contributed by atoms with van der Waals surface area (Å²) in [6.45, 7) is 3.82. The van der Waals surface area contributed by atoms with E-state index in [-0.39, 0.29) is 47.7 Å². The van der Waals surface area contributed by atoms with Gasteiger partial charge in [0, 0.05) is 47.6 Å².